The number of rotatable bonds is 6. The van der Waals surface area contributed by atoms with Gasteiger partial charge in [-0.15, -0.1) is 0 Å². The molecular formula is C14H23N3O. The molecule has 1 aromatic rings. The molecule has 0 spiro atoms. The predicted octanol–water partition coefficient (Wildman–Crippen LogP) is 2.46. The summed E-state index contributed by atoms with van der Waals surface area (Å²) in [6, 6.07) is 6.21. The van der Waals surface area contributed by atoms with Crippen LogP contribution in [0.25, 0.3) is 0 Å². The molecule has 0 aliphatic rings. The fourth-order valence-electron chi connectivity index (χ4n) is 2.18. The first-order valence-electron chi connectivity index (χ1n) is 6.41. The molecule has 0 aliphatic heterocycles. The van der Waals surface area contributed by atoms with Crippen LogP contribution in [0.2, 0.25) is 0 Å². The Bertz CT molecular complexity index is 407. The van der Waals surface area contributed by atoms with Crippen LogP contribution in [0.5, 0.6) is 0 Å². The zero-order chi connectivity index (χ0) is 13.7. The predicted molar refractivity (Wildman–Crippen MR) is 71.9 cm³/mol. The highest BCUT2D eigenvalue weighted by Crippen LogP contribution is 2.26. The first-order chi connectivity index (χ1) is 8.49. The minimum atomic E-state index is -0.0161. The van der Waals surface area contributed by atoms with Gasteiger partial charge in [0.2, 0.25) is 0 Å². The quantitative estimate of drug-likeness (QED) is 0.841. The van der Waals surface area contributed by atoms with Crippen LogP contribution in [0, 0.1) is 24.2 Å². The molecule has 0 amide bonds. The van der Waals surface area contributed by atoms with Crippen LogP contribution in [0.15, 0.2) is 16.5 Å². The van der Waals surface area contributed by atoms with Gasteiger partial charge in [-0.2, -0.15) is 5.26 Å². The van der Waals surface area contributed by atoms with Crippen molar-refractivity contribution in [2.75, 3.05) is 13.6 Å². The first kappa shape index (κ1) is 14.7. The molecule has 0 saturated carbocycles. The van der Waals surface area contributed by atoms with Crippen molar-refractivity contribution in [3.63, 3.8) is 0 Å². The van der Waals surface area contributed by atoms with E-state index in [2.05, 4.69) is 17.9 Å². The molecule has 0 radical (unpaired) electrons. The SMILES string of the molecule is CCC(N)C(c1ccc(C)o1)N(C)CC(C)C#N. The summed E-state index contributed by atoms with van der Waals surface area (Å²) in [4.78, 5) is 2.11. The molecule has 4 heteroatoms. The maximum atomic E-state index is 8.90. The number of nitrogens with two attached hydrogens (primary N) is 1. The van der Waals surface area contributed by atoms with Gasteiger partial charge in [0.05, 0.1) is 18.0 Å². The number of hydrogen-bond acceptors (Lipinski definition) is 4. The van der Waals surface area contributed by atoms with Crippen molar-refractivity contribution in [1.82, 2.24) is 4.90 Å². The Morgan fingerprint density at radius 1 is 1.50 bits per heavy atom. The summed E-state index contributed by atoms with van der Waals surface area (Å²) in [6.07, 6.45) is 0.871. The Morgan fingerprint density at radius 3 is 2.61 bits per heavy atom. The van der Waals surface area contributed by atoms with Gasteiger partial charge in [-0.25, -0.2) is 0 Å². The van der Waals surface area contributed by atoms with E-state index in [1.54, 1.807) is 0 Å². The van der Waals surface area contributed by atoms with Crippen LogP contribution < -0.4 is 5.73 Å². The molecule has 0 bridgehead atoms. The van der Waals surface area contributed by atoms with Gasteiger partial charge in [0.15, 0.2) is 0 Å². The summed E-state index contributed by atoms with van der Waals surface area (Å²) in [5.41, 5.74) is 6.19. The second kappa shape index (κ2) is 6.58. The lowest BCUT2D eigenvalue weighted by Crippen LogP contribution is -2.40. The van der Waals surface area contributed by atoms with Gasteiger partial charge < -0.3 is 10.2 Å². The van der Waals surface area contributed by atoms with Crippen LogP contribution >= 0.6 is 0 Å². The fraction of sp³-hybridized carbons (Fsp3) is 0.643. The molecular weight excluding hydrogens is 226 g/mol. The molecule has 1 heterocycles. The van der Waals surface area contributed by atoms with Crippen LogP contribution in [0.3, 0.4) is 0 Å². The topological polar surface area (TPSA) is 66.2 Å². The van der Waals surface area contributed by atoms with E-state index in [9.17, 15) is 0 Å². The van der Waals surface area contributed by atoms with E-state index in [1.807, 2.05) is 33.0 Å². The Hall–Kier alpha value is -1.31. The first-order valence-corrected chi connectivity index (χ1v) is 6.41. The zero-order valence-electron chi connectivity index (χ0n) is 11.7. The number of aryl methyl sites for hydroxylation is 1. The molecule has 0 fully saturated rings. The highest BCUT2D eigenvalue weighted by Gasteiger charge is 2.26. The van der Waals surface area contributed by atoms with Crippen molar-refractivity contribution in [3.05, 3.63) is 23.7 Å². The van der Waals surface area contributed by atoms with Gasteiger partial charge in [0.1, 0.15) is 11.5 Å². The fourth-order valence-corrected chi connectivity index (χ4v) is 2.18. The second-order valence-corrected chi connectivity index (χ2v) is 4.94. The lowest BCUT2D eigenvalue weighted by Gasteiger charge is -2.31. The van der Waals surface area contributed by atoms with E-state index in [1.165, 1.54) is 0 Å². The van der Waals surface area contributed by atoms with Crippen molar-refractivity contribution in [2.24, 2.45) is 11.7 Å². The van der Waals surface area contributed by atoms with Crippen molar-refractivity contribution >= 4 is 0 Å². The lowest BCUT2D eigenvalue weighted by molar-refractivity contribution is 0.171. The summed E-state index contributed by atoms with van der Waals surface area (Å²) < 4.78 is 5.70. The molecule has 4 nitrogen and oxygen atoms in total. The molecule has 3 unspecified atom stereocenters. The normalized spacial score (nSPS) is 16.3. The average molecular weight is 249 g/mol. The summed E-state index contributed by atoms with van der Waals surface area (Å²) in [5, 5.41) is 8.90. The van der Waals surface area contributed by atoms with E-state index in [0.29, 0.717) is 6.54 Å². The largest absolute Gasteiger partial charge is 0.465 e. The molecule has 0 aromatic carbocycles. The Morgan fingerprint density at radius 2 is 2.17 bits per heavy atom. The van der Waals surface area contributed by atoms with Gasteiger partial charge in [0, 0.05) is 12.6 Å². The minimum Gasteiger partial charge on any atom is -0.465 e. The van der Waals surface area contributed by atoms with Crippen LogP contribution in [0.1, 0.15) is 37.8 Å². The van der Waals surface area contributed by atoms with E-state index < -0.39 is 0 Å². The van der Waals surface area contributed by atoms with Crippen LogP contribution in [-0.4, -0.2) is 24.5 Å². The maximum absolute atomic E-state index is 8.90. The maximum Gasteiger partial charge on any atom is 0.122 e. The van der Waals surface area contributed by atoms with E-state index >= 15 is 0 Å². The number of likely N-dealkylation sites (N-methyl/N-ethyl adjacent to an activating group) is 1. The molecule has 1 aromatic heterocycles. The van der Waals surface area contributed by atoms with Crippen LogP contribution in [0.4, 0.5) is 0 Å². The number of nitrogens with zero attached hydrogens (tertiary/aromatic N) is 2. The summed E-state index contributed by atoms with van der Waals surface area (Å²) in [7, 11) is 1.99. The highest BCUT2D eigenvalue weighted by atomic mass is 16.3. The Labute approximate surface area is 109 Å². The van der Waals surface area contributed by atoms with Crippen molar-refractivity contribution in [1.29, 1.82) is 5.26 Å². The summed E-state index contributed by atoms with van der Waals surface area (Å²) in [6.45, 7) is 6.60. The van der Waals surface area contributed by atoms with Crippen LogP contribution in [-0.2, 0) is 0 Å². The molecule has 3 atom stereocenters. The zero-order valence-corrected chi connectivity index (χ0v) is 11.7. The standard InChI is InChI=1S/C14H23N3O/c1-5-12(16)14(13-7-6-11(3)18-13)17(4)9-10(2)8-15/h6-7,10,12,14H,5,9,16H2,1-4H3. The van der Waals surface area contributed by atoms with Crippen molar-refractivity contribution in [3.8, 4) is 6.07 Å². The molecule has 0 aliphatic carbocycles. The van der Waals surface area contributed by atoms with Gasteiger partial charge in [0.25, 0.3) is 0 Å². The van der Waals surface area contributed by atoms with Crippen molar-refractivity contribution < 1.29 is 4.42 Å². The molecule has 0 saturated heterocycles. The lowest BCUT2D eigenvalue weighted by atomic mass is 10.0. The Kier molecular flexibility index (Phi) is 5.39. The number of furan rings is 1. The van der Waals surface area contributed by atoms with Gasteiger partial charge >= 0.3 is 0 Å². The van der Waals surface area contributed by atoms with Gasteiger partial charge in [-0.05, 0) is 39.4 Å². The third kappa shape index (κ3) is 3.59. The highest BCUT2D eigenvalue weighted by molar-refractivity contribution is 5.12. The van der Waals surface area contributed by atoms with Crippen molar-refractivity contribution in [2.45, 2.75) is 39.3 Å². The van der Waals surface area contributed by atoms with Gasteiger partial charge in [-0.3, -0.25) is 4.90 Å². The third-order valence-corrected chi connectivity index (χ3v) is 3.19. The smallest absolute Gasteiger partial charge is 0.122 e. The monoisotopic (exact) mass is 249 g/mol. The minimum absolute atomic E-state index is 0.00597. The average Bonchev–Trinajstić information content (AvgIpc) is 2.75. The summed E-state index contributed by atoms with van der Waals surface area (Å²) in [5.74, 6) is 1.76. The molecule has 100 valence electrons. The number of nitriles is 1. The van der Waals surface area contributed by atoms with Gasteiger partial charge in [-0.1, -0.05) is 6.92 Å². The molecule has 18 heavy (non-hydrogen) atoms. The van der Waals surface area contributed by atoms with E-state index in [4.69, 9.17) is 15.4 Å². The third-order valence-electron chi connectivity index (χ3n) is 3.19. The van der Waals surface area contributed by atoms with E-state index in [-0.39, 0.29) is 18.0 Å². The van der Waals surface area contributed by atoms with E-state index in [0.717, 1.165) is 17.9 Å². The molecule has 2 N–H and O–H groups in total. The second-order valence-electron chi connectivity index (χ2n) is 4.94. The number of hydrogen-bond donors (Lipinski definition) is 1. The summed E-state index contributed by atoms with van der Waals surface area (Å²) >= 11 is 0. The Balaban J connectivity index is 2.88. The molecule has 1 rings (SSSR count).